The molecule has 7 atom stereocenters. The summed E-state index contributed by atoms with van der Waals surface area (Å²) in [6.07, 6.45) is 14.8. The van der Waals surface area contributed by atoms with Crippen molar-refractivity contribution in [2.45, 2.75) is 100 Å². The molecule has 0 aromatic heterocycles. The molecule has 0 radical (unpaired) electrons. The van der Waals surface area contributed by atoms with Gasteiger partial charge in [0.1, 0.15) is 0 Å². The average molecular weight is 393 g/mol. The molecule has 4 nitrogen and oxygen atoms in total. The summed E-state index contributed by atoms with van der Waals surface area (Å²) in [4.78, 5) is 10.8. The number of halogens is 1. The van der Waals surface area contributed by atoms with Gasteiger partial charge < -0.3 is 4.90 Å². The van der Waals surface area contributed by atoms with Crippen molar-refractivity contribution in [1.82, 2.24) is 15.1 Å². The van der Waals surface area contributed by atoms with E-state index in [1.807, 2.05) is 0 Å². The highest BCUT2D eigenvalue weighted by molar-refractivity contribution is 6.20. The Morgan fingerprint density at radius 1 is 0.963 bits per heavy atom. The molecule has 3 saturated heterocycles. The number of rotatable bonds is 2. The third-order valence-electron chi connectivity index (χ3n) is 8.23. The predicted molar refractivity (Wildman–Crippen MR) is 112 cm³/mol. The van der Waals surface area contributed by atoms with Crippen molar-refractivity contribution in [2.75, 3.05) is 20.1 Å². The van der Waals surface area contributed by atoms with E-state index >= 15 is 0 Å². The number of nitrogens with one attached hydrogen (secondary N) is 1. The number of amidine groups is 1. The number of fused-ring (bicyclic) bond motifs is 2. The number of nitrogens with zero attached hydrogens (tertiary/aromatic N) is 3. The summed E-state index contributed by atoms with van der Waals surface area (Å²) in [6.45, 7) is 2.43. The van der Waals surface area contributed by atoms with Gasteiger partial charge in [0.25, 0.3) is 0 Å². The van der Waals surface area contributed by atoms with Crippen molar-refractivity contribution < 1.29 is 0 Å². The third-order valence-corrected chi connectivity index (χ3v) is 8.63. The van der Waals surface area contributed by atoms with E-state index in [0.29, 0.717) is 35.6 Å². The summed E-state index contributed by atoms with van der Waals surface area (Å²) >= 11 is 6.53. The van der Waals surface area contributed by atoms with Crippen LogP contribution in [0.15, 0.2) is 4.99 Å². The quantitative estimate of drug-likeness (QED) is 0.724. The van der Waals surface area contributed by atoms with Crippen molar-refractivity contribution in [3.05, 3.63) is 0 Å². The molecule has 5 rings (SSSR count). The molecule has 0 aromatic rings. The zero-order valence-corrected chi connectivity index (χ0v) is 17.7. The van der Waals surface area contributed by atoms with Crippen molar-refractivity contribution in [3.63, 3.8) is 0 Å². The minimum Gasteiger partial charge on any atom is -0.357 e. The first-order chi connectivity index (χ1) is 13.2. The Kier molecular flexibility index (Phi) is 5.42. The van der Waals surface area contributed by atoms with Crippen molar-refractivity contribution in [1.29, 1.82) is 0 Å². The molecule has 27 heavy (non-hydrogen) atoms. The average Bonchev–Trinajstić information content (AvgIpc) is 3.29. The Hall–Kier alpha value is -0.320. The molecule has 1 N–H and O–H groups in total. The Morgan fingerprint density at radius 3 is 2.74 bits per heavy atom. The number of alkyl halides is 1. The van der Waals surface area contributed by atoms with Gasteiger partial charge in [-0.1, -0.05) is 12.8 Å². The second-order valence-corrected chi connectivity index (χ2v) is 10.5. The van der Waals surface area contributed by atoms with Gasteiger partial charge >= 0.3 is 0 Å². The van der Waals surface area contributed by atoms with Crippen LogP contribution in [0.4, 0.5) is 0 Å². The highest BCUT2D eigenvalue weighted by Crippen LogP contribution is 2.42. The zero-order valence-electron chi connectivity index (χ0n) is 17.0. The Bertz CT molecular complexity index is 563. The van der Waals surface area contributed by atoms with E-state index in [1.165, 1.54) is 83.1 Å². The fraction of sp³-hybridized carbons (Fsp3) is 0.955. The van der Waals surface area contributed by atoms with Crippen LogP contribution in [0.25, 0.3) is 0 Å². The lowest BCUT2D eigenvalue weighted by molar-refractivity contribution is 0.0674. The van der Waals surface area contributed by atoms with E-state index in [0.717, 1.165) is 12.3 Å². The highest BCUT2D eigenvalue weighted by Gasteiger charge is 2.49. The number of likely N-dealkylation sites (tertiary alicyclic amines) is 2. The molecular weight excluding hydrogens is 356 g/mol. The van der Waals surface area contributed by atoms with Crippen LogP contribution in [-0.2, 0) is 0 Å². The lowest BCUT2D eigenvalue weighted by atomic mass is 9.71. The lowest BCUT2D eigenvalue weighted by Crippen LogP contribution is -2.61. The minimum atomic E-state index is 0.375. The molecule has 5 aliphatic rings. The normalized spacial score (nSPS) is 47.3. The van der Waals surface area contributed by atoms with Crippen LogP contribution < -0.4 is 5.32 Å². The lowest BCUT2D eigenvalue weighted by Gasteiger charge is -2.48. The van der Waals surface area contributed by atoms with E-state index < -0.39 is 0 Å². The van der Waals surface area contributed by atoms with E-state index in [2.05, 4.69) is 22.2 Å². The number of aliphatic imine (C=N–C) groups is 1. The minimum absolute atomic E-state index is 0.375. The van der Waals surface area contributed by atoms with E-state index in [-0.39, 0.29) is 0 Å². The van der Waals surface area contributed by atoms with Gasteiger partial charge in [0.2, 0.25) is 0 Å². The van der Waals surface area contributed by atoms with Gasteiger partial charge in [-0.3, -0.25) is 15.2 Å². The third kappa shape index (κ3) is 3.55. The van der Waals surface area contributed by atoms with E-state index in [1.54, 1.807) is 0 Å². The van der Waals surface area contributed by atoms with E-state index in [9.17, 15) is 0 Å². The highest BCUT2D eigenvalue weighted by atomic mass is 35.5. The Morgan fingerprint density at radius 2 is 1.85 bits per heavy atom. The first-order valence-corrected chi connectivity index (χ1v) is 12.1. The largest absolute Gasteiger partial charge is 0.357 e. The van der Waals surface area contributed by atoms with Crippen molar-refractivity contribution >= 4 is 17.4 Å². The summed E-state index contributed by atoms with van der Waals surface area (Å²) in [6, 6.07) is 1.87. The molecule has 3 heterocycles. The number of hydrogen-bond acceptors (Lipinski definition) is 3. The maximum atomic E-state index is 6.53. The van der Waals surface area contributed by atoms with Gasteiger partial charge in [0.15, 0.2) is 0 Å². The molecule has 7 unspecified atom stereocenters. The first-order valence-electron chi connectivity index (χ1n) is 11.6. The van der Waals surface area contributed by atoms with E-state index in [4.69, 9.17) is 16.6 Å². The molecule has 5 heteroatoms. The van der Waals surface area contributed by atoms with Gasteiger partial charge in [0.05, 0.1) is 18.0 Å². The van der Waals surface area contributed by atoms with Crippen LogP contribution in [0.2, 0.25) is 0 Å². The summed E-state index contributed by atoms with van der Waals surface area (Å²) in [5.74, 6) is 2.90. The van der Waals surface area contributed by atoms with Crippen LogP contribution in [0.3, 0.4) is 0 Å². The zero-order chi connectivity index (χ0) is 18.4. The molecule has 2 saturated carbocycles. The summed E-state index contributed by atoms with van der Waals surface area (Å²) < 4.78 is 0. The van der Waals surface area contributed by atoms with Crippen LogP contribution in [-0.4, -0.2) is 65.4 Å². The monoisotopic (exact) mass is 392 g/mol. The maximum Gasteiger partial charge on any atom is 0.0995 e. The summed E-state index contributed by atoms with van der Waals surface area (Å²) in [5.41, 5.74) is 0. The molecule has 5 fully saturated rings. The SMILES string of the molecule is CN1CCC2C(N=C3CCCN3C3CCCC(Cl)C3)C3CCCCC3NC21. The van der Waals surface area contributed by atoms with Crippen molar-refractivity contribution in [2.24, 2.45) is 16.8 Å². The molecule has 2 aliphatic carbocycles. The predicted octanol–water partition coefficient (Wildman–Crippen LogP) is 3.84. The van der Waals surface area contributed by atoms with Crippen molar-refractivity contribution in [3.8, 4) is 0 Å². The number of hydrogen-bond donors (Lipinski definition) is 1. The molecule has 0 aromatic carbocycles. The fourth-order valence-electron chi connectivity index (χ4n) is 6.86. The molecule has 152 valence electrons. The number of piperidine rings is 1. The Balaban J connectivity index is 1.40. The van der Waals surface area contributed by atoms with Gasteiger partial charge in [-0.05, 0) is 70.9 Å². The fourth-order valence-corrected chi connectivity index (χ4v) is 7.22. The molecular formula is C22H37ClN4. The maximum absolute atomic E-state index is 6.53. The van der Waals surface area contributed by atoms with Crippen LogP contribution in [0, 0.1) is 11.8 Å². The molecule has 0 amide bonds. The Labute approximate surface area is 170 Å². The second-order valence-electron chi connectivity index (χ2n) is 9.85. The second kappa shape index (κ2) is 7.84. The topological polar surface area (TPSA) is 30.9 Å². The van der Waals surface area contributed by atoms with Gasteiger partial charge in [0, 0.05) is 36.3 Å². The van der Waals surface area contributed by atoms with Gasteiger partial charge in [-0.15, -0.1) is 11.6 Å². The molecule has 3 aliphatic heterocycles. The summed E-state index contributed by atoms with van der Waals surface area (Å²) in [7, 11) is 2.30. The van der Waals surface area contributed by atoms with Gasteiger partial charge in [-0.2, -0.15) is 0 Å². The van der Waals surface area contributed by atoms with Gasteiger partial charge in [-0.25, -0.2) is 0 Å². The molecule has 0 spiro atoms. The summed E-state index contributed by atoms with van der Waals surface area (Å²) in [5, 5.41) is 4.40. The van der Waals surface area contributed by atoms with Crippen LogP contribution in [0.1, 0.15) is 70.6 Å². The van der Waals surface area contributed by atoms with Crippen LogP contribution >= 0.6 is 11.6 Å². The first kappa shape index (κ1) is 18.7. The standard InChI is InChI=1S/C22H37ClN4/c1-26-13-11-18-21(17-8-2-3-9-19(17)24-22(18)26)25-20-10-5-12-27(20)16-7-4-6-15(23)14-16/h15-19,21-22,24H,2-14H2,1H3. The smallest absolute Gasteiger partial charge is 0.0995 e. The molecule has 0 bridgehead atoms. The van der Waals surface area contributed by atoms with Crippen LogP contribution in [0.5, 0.6) is 0 Å².